The largest absolute Gasteiger partial charge is 0.508 e. The average Bonchev–Trinajstić information content (AvgIpc) is 3.01. The van der Waals surface area contributed by atoms with E-state index in [4.69, 9.17) is 41.1 Å². The molecule has 0 aliphatic heterocycles. The van der Waals surface area contributed by atoms with Crippen LogP contribution in [0.3, 0.4) is 0 Å². The number of carboxylic acid groups (broad SMARTS) is 2. The second-order valence-electron chi connectivity index (χ2n) is 7.93. The first-order valence-corrected chi connectivity index (χ1v) is 11.6. The van der Waals surface area contributed by atoms with E-state index in [1.165, 1.54) is 72.8 Å². The molecule has 0 bridgehead atoms. The van der Waals surface area contributed by atoms with Crippen molar-refractivity contribution in [3.05, 3.63) is 128 Å². The summed E-state index contributed by atoms with van der Waals surface area (Å²) < 4.78 is 5.50. The van der Waals surface area contributed by atoms with Crippen molar-refractivity contribution in [3.8, 4) is 41.5 Å². The maximum Gasteiger partial charge on any atom is 0.335 e. The fourth-order valence-corrected chi connectivity index (χ4v) is 3.02. The number of rotatable bonds is 5. The number of phenols is 1. The summed E-state index contributed by atoms with van der Waals surface area (Å²) in [4.78, 5) is 30.6. The molecule has 0 heterocycles. The van der Waals surface area contributed by atoms with Gasteiger partial charge in [0.05, 0.1) is 38.3 Å². The van der Waals surface area contributed by atoms with Crippen LogP contribution in [-0.4, -0.2) is 32.2 Å². The van der Waals surface area contributed by atoms with Gasteiger partial charge in [0, 0.05) is 12.1 Å². The Labute approximate surface area is 243 Å². The van der Waals surface area contributed by atoms with Crippen LogP contribution in [-0.2, 0) is 0 Å². The Morgan fingerprint density at radius 2 is 1.05 bits per heavy atom. The highest BCUT2D eigenvalue weighted by atomic mass is 16.6. The number of phenolic OH excluding ortho intramolecular Hbond substituents is 1. The first-order chi connectivity index (χ1) is 20.5. The van der Waals surface area contributed by atoms with Crippen LogP contribution in [0.1, 0.15) is 43.0 Å². The summed E-state index contributed by atoms with van der Waals surface area (Å²) in [6.07, 6.45) is 0. The Balaban J connectivity index is 0.000000242. The Kier molecular flexibility index (Phi) is 11.5. The number of ether oxygens (including phenoxy) is 1. The number of carbonyl (C=O) groups is 2. The number of nitro benzene ring substituents is 1. The highest BCUT2D eigenvalue weighted by molar-refractivity contribution is 5.88. The van der Waals surface area contributed by atoms with Crippen molar-refractivity contribution in [3.63, 3.8) is 0 Å². The second kappa shape index (κ2) is 15.4. The number of benzene rings is 4. The molecule has 0 aromatic heterocycles. The molecule has 0 atom stereocenters. The van der Waals surface area contributed by atoms with Crippen LogP contribution in [0.25, 0.3) is 0 Å². The number of hydrogen-bond acceptors (Lipinski definition) is 10. The Bertz CT molecular complexity index is 1830. The number of hydrogen-bond donors (Lipinski definition) is 3. The van der Waals surface area contributed by atoms with Gasteiger partial charge in [0.1, 0.15) is 41.5 Å². The summed E-state index contributed by atoms with van der Waals surface area (Å²) in [6, 6.07) is 26.6. The lowest BCUT2D eigenvalue weighted by Gasteiger charge is -2.06. The third-order valence-electron chi connectivity index (χ3n) is 5.14. The van der Waals surface area contributed by atoms with E-state index in [-0.39, 0.29) is 44.8 Å². The molecule has 0 spiro atoms. The standard InChI is InChI=1S/C15H8N2O3.C8H3N3O2.C7H6O3/c16-8-11-3-6-14(7-12(11)9-17)20-13-4-1-10(2-5-13)15(18)19;9-4-6-1-2-8(11(12)13)3-7(6)5-10;8-6-3-1-5(2-4-6)7(9)10/h1-7H,(H,18,19);1-3H;1-4,8H,(H,9,10). The van der Waals surface area contributed by atoms with E-state index in [0.29, 0.717) is 11.5 Å². The van der Waals surface area contributed by atoms with E-state index < -0.39 is 16.9 Å². The number of nitro groups is 1. The van der Waals surface area contributed by atoms with Gasteiger partial charge in [-0.15, -0.1) is 0 Å². The molecule has 13 heteroatoms. The first kappa shape index (κ1) is 32.0. The van der Waals surface area contributed by atoms with E-state index in [1.807, 2.05) is 12.1 Å². The van der Waals surface area contributed by atoms with Crippen LogP contribution in [0.4, 0.5) is 5.69 Å². The lowest BCUT2D eigenvalue weighted by atomic mass is 10.1. The van der Waals surface area contributed by atoms with Crippen molar-refractivity contribution in [1.82, 2.24) is 0 Å². The van der Waals surface area contributed by atoms with Gasteiger partial charge in [-0.25, -0.2) is 9.59 Å². The maximum atomic E-state index is 10.7. The summed E-state index contributed by atoms with van der Waals surface area (Å²) in [5.41, 5.74) is 0.835. The zero-order valence-electron chi connectivity index (χ0n) is 21.7. The predicted molar refractivity (Wildman–Crippen MR) is 147 cm³/mol. The monoisotopic (exact) mass is 575 g/mol. The first-order valence-electron chi connectivity index (χ1n) is 11.6. The Morgan fingerprint density at radius 3 is 1.49 bits per heavy atom. The van der Waals surface area contributed by atoms with Crippen LogP contribution in [0.2, 0.25) is 0 Å². The SMILES string of the molecule is N#Cc1ccc(Oc2ccc(C(=O)O)cc2)cc1C#N.N#Cc1ccc([N+](=O)[O-])cc1C#N.O=C(O)c1ccc(O)cc1. The molecule has 0 fully saturated rings. The molecule has 4 aromatic carbocycles. The van der Waals surface area contributed by atoms with Gasteiger partial charge < -0.3 is 20.1 Å². The normalized spacial score (nSPS) is 9.02. The average molecular weight is 575 g/mol. The van der Waals surface area contributed by atoms with Gasteiger partial charge >= 0.3 is 11.9 Å². The molecule has 0 amide bonds. The van der Waals surface area contributed by atoms with Crippen LogP contribution in [0, 0.1) is 55.4 Å². The number of nitriles is 4. The molecule has 0 saturated heterocycles. The lowest BCUT2D eigenvalue weighted by molar-refractivity contribution is -0.384. The fraction of sp³-hybridized carbons (Fsp3) is 0. The maximum absolute atomic E-state index is 10.7. The molecule has 13 nitrogen and oxygen atoms in total. The van der Waals surface area contributed by atoms with Crippen LogP contribution < -0.4 is 4.74 Å². The molecule has 0 aliphatic rings. The fourth-order valence-electron chi connectivity index (χ4n) is 3.02. The molecule has 0 aliphatic carbocycles. The lowest BCUT2D eigenvalue weighted by Crippen LogP contribution is -1.95. The van der Waals surface area contributed by atoms with Gasteiger partial charge in [0.2, 0.25) is 0 Å². The van der Waals surface area contributed by atoms with Gasteiger partial charge in [0.25, 0.3) is 5.69 Å². The Morgan fingerprint density at radius 1 is 0.628 bits per heavy atom. The van der Waals surface area contributed by atoms with Gasteiger partial charge in [-0.3, -0.25) is 10.1 Å². The molecule has 210 valence electrons. The number of aromatic carboxylic acids is 2. The van der Waals surface area contributed by atoms with E-state index >= 15 is 0 Å². The number of aromatic hydroxyl groups is 1. The van der Waals surface area contributed by atoms with Gasteiger partial charge in [-0.1, -0.05) is 0 Å². The van der Waals surface area contributed by atoms with E-state index in [2.05, 4.69) is 0 Å². The molecule has 0 radical (unpaired) electrons. The van der Waals surface area contributed by atoms with Crippen LogP contribution in [0.5, 0.6) is 17.2 Å². The Hall–Kier alpha value is -7.22. The van der Waals surface area contributed by atoms with Crippen molar-refractivity contribution < 1.29 is 34.6 Å². The third-order valence-corrected chi connectivity index (χ3v) is 5.14. The zero-order chi connectivity index (χ0) is 31.9. The summed E-state index contributed by atoms with van der Waals surface area (Å²) in [5.74, 6) is -1.07. The molecule has 0 unspecified atom stereocenters. The topological polar surface area (TPSA) is 242 Å². The molecular weight excluding hydrogens is 558 g/mol. The summed E-state index contributed by atoms with van der Waals surface area (Å²) in [7, 11) is 0. The quantitative estimate of drug-likeness (QED) is 0.201. The molecule has 43 heavy (non-hydrogen) atoms. The van der Waals surface area contributed by atoms with E-state index in [0.717, 1.165) is 6.07 Å². The van der Waals surface area contributed by atoms with Crippen molar-refractivity contribution in [1.29, 1.82) is 21.0 Å². The smallest absolute Gasteiger partial charge is 0.335 e. The highest BCUT2D eigenvalue weighted by Gasteiger charge is 2.10. The summed E-state index contributed by atoms with van der Waals surface area (Å²) in [5, 5.41) is 71.0. The summed E-state index contributed by atoms with van der Waals surface area (Å²) >= 11 is 0. The van der Waals surface area contributed by atoms with Crippen LogP contribution >= 0.6 is 0 Å². The van der Waals surface area contributed by atoms with E-state index in [9.17, 15) is 19.7 Å². The number of non-ortho nitro benzene ring substituents is 1. The minimum Gasteiger partial charge on any atom is -0.508 e. The predicted octanol–water partition coefficient (Wildman–Crippen LogP) is 5.35. The number of carboxylic acids is 2. The molecular formula is C30H17N5O8. The third kappa shape index (κ3) is 9.48. The minimum atomic E-state index is -1.01. The van der Waals surface area contributed by atoms with Gasteiger partial charge in [-0.05, 0) is 72.8 Å². The van der Waals surface area contributed by atoms with E-state index in [1.54, 1.807) is 18.2 Å². The minimum absolute atomic E-state index is 0.0247. The molecule has 4 aromatic rings. The highest BCUT2D eigenvalue weighted by Crippen LogP contribution is 2.24. The van der Waals surface area contributed by atoms with Crippen molar-refractivity contribution >= 4 is 17.6 Å². The summed E-state index contributed by atoms with van der Waals surface area (Å²) in [6.45, 7) is 0. The van der Waals surface area contributed by atoms with Crippen LogP contribution in [0.15, 0.2) is 84.9 Å². The molecule has 4 rings (SSSR count). The zero-order valence-corrected chi connectivity index (χ0v) is 21.7. The van der Waals surface area contributed by atoms with Gasteiger partial charge in [-0.2, -0.15) is 21.0 Å². The second-order valence-corrected chi connectivity index (χ2v) is 7.93. The molecule has 0 saturated carbocycles. The van der Waals surface area contributed by atoms with Gasteiger partial charge in [0.15, 0.2) is 0 Å². The van der Waals surface area contributed by atoms with Crippen molar-refractivity contribution in [2.75, 3.05) is 0 Å². The van der Waals surface area contributed by atoms with Crippen molar-refractivity contribution in [2.45, 2.75) is 0 Å². The number of nitrogens with zero attached hydrogens (tertiary/aromatic N) is 5. The molecule has 3 N–H and O–H groups in total. The van der Waals surface area contributed by atoms with Crippen molar-refractivity contribution in [2.24, 2.45) is 0 Å².